The van der Waals surface area contributed by atoms with Gasteiger partial charge in [0.2, 0.25) is 0 Å². The molecule has 1 heterocycles. The Hall–Kier alpha value is -2.18. The number of thiophene rings is 1. The highest BCUT2D eigenvalue weighted by Gasteiger charge is 2.22. The summed E-state index contributed by atoms with van der Waals surface area (Å²) in [5, 5.41) is 8.02. The lowest BCUT2D eigenvalue weighted by Crippen LogP contribution is -3.14. The third-order valence-electron chi connectivity index (χ3n) is 4.04. The maximum Gasteiger partial charge on any atom is 0.275 e. The minimum Gasteiger partial charge on any atom is -0.349 e. The van der Waals surface area contributed by atoms with E-state index in [1.165, 1.54) is 0 Å². The Labute approximate surface area is 159 Å². The van der Waals surface area contributed by atoms with Gasteiger partial charge in [-0.2, -0.15) is 0 Å². The van der Waals surface area contributed by atoms with Gasteiger partial charge in [0.25, 0.3) is 11.8 Å². The molecule has 0 aliphatic heterocycles. The Morgan fingerprint density at radius 3 is 2.19 bits per heavy atom. The second-order valence-electron chi connectivity index (χ2n) is 6.61. The van der Waals surface area contributed by atoms with Gasteiger partial charge in [-0.05, 0) is 37.8 Å². The first-order chi connectivity index (χ1) is 12.5. The molecular formula is C20H28N3O2S+. The minimum atomic E-state index is -0.161. The maximum absolute atomic E-state index is 12.6. The number of hydrogen-bond acceptors (Lipinski definition) is 3. The number of quaternary nitrogens is 1. The zero-order valence-corrected chi connectivity index (χ0v) is 16.4. The first-order valence-electron chi connectivity index (χ1n) is 9.00. The molecule has 0 saturated heterocycles. The Kier molecular flexibility index (Phi) is 7.81. The van der Waals surface area contributed by atoms with Crippen LogP contribution >= 0.6 is 11.3 Å². The van der Waals surface area contributed by atoms with Crippen LogP contribution in [0.3, 0.4) is 0 Å². The summed E-state index contributed by atoms with van der Waals surface area (Å²) in [7, 11) is 0. The molecule has 0 radical (unpaired) electrons. The summed E-state index contributed by atoms with van der Waals surface area (Å²) in [6, 6.07) is 13.9. The molecule has 0 bridgehead atoms. The normalized spacial score (nSPS) is 13.2. The summed E-state index contributed by atoms with van der Waals surface area (Å²) < 4.78 is 0. The molecule has 2 aromatic rings. The van der Waals surface area contributed by atoms with Gasteiger partial charge in [-0.25, -0.2) is 0 Å². The number of likely N-dealkylation sites (N-methyl/N-ethyl adjacent to an activating group) is 1. The average molecular weight is 375 g/mol. The van der Waals surface area contributed by atoms with E-state index in [-0.39, 0.29) is 30.4 Å². The van der Waals surface area contributed by atoms with Crippen molar-refractivity contribution >= 4 is 23.2 Å². The molecule has 1 aromatic carbocycles. The van der Waals surface area contributed by atoms with Crippen LogP contribution < -0.4 is 15.5 Å². The zero-order chi connectivity index (χ0) is 18.9. The fraction of sp³-hybridized carbons (Fsp3) is 0.400. The smallest absolute Gasteiger partial charge is 0.275 e. The number of benzene rings is 1. The topological polar surface area (TPSA) is 62.6 Å². The van der Waals surface area contributed by atoms with Crippen LogP contribution in [-0.4, -0.2) is 37.5 Å². The predicted molar refractivity (Wildman–Crippen MR) is 105 cm³/mol. The molecule has 0 aliphatic carbocycles. The van der Waals surface area contributed by atoms with Gasteiger partial charge in [-0.1, -0.05) is 36.4 Å². The fourth-order valence-electron chi connectivity index (χ4n) is 2.77. The second-order valence-corrected chi connectivity index (χ2v) is 7.59. The zero-order valence-electron chi connectivity index (χ0n) is 15.6. The fourth-order valence-corrected chi connectivity index (χ4v) is 3.57. The van der Waals surface area contributed by atoms with Gasteiger partial charge in [0.05, 0.1) is 12.6 Å². The number of hydrogen-bond donors (Lipinski definition) is 3. The average Bonchev–Trinajstić information content (AvgIpc) is 3.13. The van der Waals surface area contributed by atoms with Crippen molar-refractivity contribution in [2.45, 2.75) is 32.9 Å². The van der Waals surface area contributed by atoms with E-state index in [1.807, 2.05) is 68.6 Å². The van der Waals surface area contributed by atoms with Crippen LogP contribution in [0.1, 0.15) is 37.3 Å². The Morgan fingerprint density at radius 2 is 1.65 bits per heavy atom. The van der Waals surface area contributed by atoms with E-state index >= 15 is 0 Å². The first kappa shape index (κ1) is 20.1. The van der Waals surface area contributed by atoms with Crippen LogP contribution in [0.25, 0.3) is 0 Å². The van der Waals surface area contributed by atoms with Crippen LogP contribution in [-0.2, 0) is 9.59 Å². The highest BCUT2D eigenvalue weighted by atomic mass is 32.1. The molecule has 26 heavy (non-hydrogen) atoms. The highest BCUT2D eigenvalue weighted by Crippen LogP contribution is 2.25. The number of amides is 2. The van der Waals surface area contributed by atoms with E-state index in [4.69, 9.17) is 0 Å². The number of carbonyl (C=O) groups excluding carboxylic acids is 2. The molecule has 1 unspecified atom stereocenters. The van der Waals surface area contributed by atoms with Crippen molar-refractivity contribution in [3.63, 3.8) is 0 Å². The first-order valence-corrected chi connectivity index (χ1v) is 9.88. The molecule has 3 N–H and O–H groups in total. The van der Waals surface area contributed by atoms with E-state index in [0.29, 0.717) is 13.1 Å². The van der Waals surface area contributed by atoms with Crippen molar-refractivity contribution in [1.82, 2.24) is 10.6 Å². The van der Waals surface area contributed by atoms with Crippen molar-refractivity contribution in [2.24, 2.45) is 0 Å². The molecule has 0 saturated carbocycles. The third-order valence-corrected chi connectivity index (χ3v) is 4.97. The van der Waals surface area contributed by atoms with Gasteiger partial charge in [0.15, 0.2) is 13.1 Å². The molecule has 1 aromatic heterocycles. The van der Waals surface area contributed by atoms with Crippen LogP contribution in [0.15, 0.2) is 47.8 Å². The molecule has 2 amide bonds. The summed E-state index contributed by atoms with van der Waals surface area (Å²) in [5.41, 5.74) is 1.05. The Balaban J connectivity index is 2.01. The second kappa shape index (κ2) is 10.1. The van der Waals surface area contributed by atoms with E-state index in [9.17, 15) is 9.59 Å². The van der Waals surface area contributed by atoms with Crippen LogP contribution in [0.2, 0.25) is 0 Å². The lowest BCUT2D eigenvalue weighted by Gasteiger charge is -2.21. The van der Waals surface area contributed by atoms with Crippen molar-refractivity contribution in [3.05, 3.63) is 58.3 Å². The Bertz CT molecular complexity index is 686. The molecule has 0 spiro atoms. The lowest BCUT2D eigenvalue weighted by molar-refractivity contribution is -0.881. The van der Waals surface area contributed by atoms with Crippen LogP contribution in [0, 0.1) is 0 Å². The number of carbonyl (C=O) groups is 2. The van der Waals surface area contributed by atoms with Crippen molar-refractivity contribution in [3.8, 4) is 0 Å². The summed E-state index contributed by atoms with van der Waals surface area (Å²) >= 11 is 1.62. The van der Waals surface area contributed by atoms with Gasteiger partial charge in [-0.3, -0.25) is 9.59 Å². The largest absolute Gasteiger partial charge is 0.349 e. The number of nitrogens with one attached hydrogen (secondary N) is 3. The van der Waals surface area contributed by atoms with Gasteiger partial charge >= 0.3 is 0 Å². The summed E-state index contributed by atoms with van der Waals surface area (Å²) in [4.78, 5) is 26.6. The molecule has 6 heteroatoms. The van der Waals surface area contributed by atoms with Crippen molar-refractivity contribution in [2.75, 3.05) is 19.6 Å². The lowest BCUT2D eigenvalue weighted by atomic mass is 10.1. The molecule has 2 atom stereocenters. The van der Waals surface area contributed by atoms with Crippen molar-refractivity contribution < 1.29 is 14.5 Å². The molecule has 140 valence electrons. The molecular weight excluding hydrogens is 346 g/mol. The molecule has 5 nitrogen and oxygen atoms in total. The highest BCUT2D eigenvalue weighted by molar-refractivity contribution is 7.10. The molecule has 0 aliphatic rings. The maximum atomic E-state index is 12.6. The molecule has 0 fully saturated rings. The van der Waals surface area contributed by atoms with Gasteiger partial charge in [0, 0.05) is 10.9 Å². The van der Waals surface area contributed by atoms with E-state index in [1.54, 1.807) is 11.3 Å². The van der Waals surface area contributed by atoms with E-state index in [0.717, 1.165) is 15.3 Å². The minimum absolute atomic E-state index is 0.0254. The van der Waals surface area contributed by atoms with Crippen LogP contribution in [0.4, 0.5) is 0 Å². The van der Waals surface area contributed by atoms with Crippen molar-refractivity contribution in [1.29, 1.82) is 0 Å². The predicted octanol–water partition coefficient (Wildman–Crippen LogP) is 1.38. The van der Waals surface area contributed by atoms with Gasteiger partial charge in [0.1, 0.15) is 0 Å². The summed E-state index contributed by atoms with van der Waals surface area (Å²) in [6.45, 7) is 7.14. The summed E-state index contributed by atoms with van der Waals surface area (Å²) in [6.07, 6.45) is 0. The van der Waals surface area contributed by atoms with E-state index in [2.05, 4.69) is 10.6 Å². The SMILES string of the molecule is CC[NH+](CC(=O)NC(C)C)CC(=O)N[C@H](c1ccccc1)c1cccs1. The standard InChI is InChI=1S/C20H27N3O2S/c1-4-23(13-18(24)21-15(2)3)14-19(25)22-20(17-11-8-12-26-17)16-9-6-5-7-10-16/h5-12,15,20H,4,13-14H2,1-3H3,(H,21,24)(H,22,25)/p+1/t20-/m1/s1. The van der Waals surface area contributed by atoms with E-state index < -0.39 is 0 Å². The quantitative estimate of drug-likeness (QED) is 0.621. The van der Waals surface area contributed by atoms with Gasteiger partial charge in [-0.15, -0.1) is 11.3 Å². The number of rotatable bonds is 9. The summed E-state index contributed by atoms with van der Waals surface area (Å²) in [5.74, 6) is -0.0797. The molecule has 2 rings (SSSR count). The third kappa shape index (κ3) is 6.28. The van der Waals surface area contributed by atoms with Crippen LogP contribution in [0.5, 0.6) is 0 Å². The Morgan fingerprint density at radius 1 is 1.00 bits per heavy atom. The van der Waals surface area contributed by atoms with Gasteiger partial charge < -0.3 is 15.5 Å². The monoisotopic (exact) mass is 374 g/mol.